The Morgan fingerprint density at radius 1 is 1.00 bits per heavy atom. The number of benzene rings is 1. The summed E-state index contributed by atoms with van der Waals surface area (Å²) >= 11 is 0. The lowest BCUT2D eigenvalue weighted by molar-refractivity contribution is 0.199. The van der Waals surface area contributed by atoms with E-state index in [0.717, 1.165) is 30.2 Å². The first kappa shape index (κ1) is 14.7. The molecule has 3 nitrogen and oxygen atoms in total. The van der Waals surface area contributed by atoms with E-state index in [2.05, 4.69) is 12.2 Å². The molecule has 1 rings (SSSR count). The second-order valence-electron chi connectivity index (χ2n) is 4.92. The van der Waals surface area contributed by atoms with Gasteiger partial charge in [0, 0.05) is 18.3 Å². The van der Waals surface area contributed by atoms with Crippen molar-refractivity contribution >= 4 is 5.69 Å². The van der Waals surface area contributed by atoms with Crippen molar-refractivity contribution in [2.45, 2.75) is 53.2 Å². The summed E-state index contributed by atoms with van der Waals surface area (Å²) in [5, 5.41) is 3.35. The fraction of sp³-hybridized carbons (Fsp3) is 0.600. The molecule has 0 fully saturated rings. The van der Waals surface area contributed by atoms with Crippen LogP contribution in [-0.2, 0) is 0 Å². The fourth-order valence-corrected chi connectivity index (χ4v) is 1.58. The first-order valence-electron chi connectivity index (χ1n) is 6.74. The highest BCUT2D eigenvalue weighted by atomic mass is 16.5. The highest BCUT2D eigenvalue weighted by molar-refractivity contribution is 5.54. The lowest BCUT2D eigenvalue weighted by Gasteiger charge is -2.18. The molecule has 18 heavy (non-hydrogen) atoms. The number of anilines is 1. The number of rotatable bonds is 7. The van der Waals surface area contributed by atoms with Gasteiger partial charge in [0.25, 0.3) is 0 Å². The van der Waals surface area contributed by atoms with Gasteiger partial charge in [-0.1, -0.05) is 6.92 Å². The molecule has 0 aliphatic carbocycles. The standard InChI is InChI=1S/C15H25NO2/c1-6-9-16-13-7-8-14(17-11(2)3)15(10-13)18-12(4)5/h7-8,10-12,16H,6,9H2,1-5H3. The molecule has 0 saturated heterocycles. The summed E-state index contributed by atoms with van der Waals surface area (Å²) in [5.41, 5.74) is 1.07. The third-order valence-corrected chi connectivity index (χ3v) is 2.25. The van der Waals surface area contributed by atoms with E-state index in [1.54, 1.807) is 0 Å². The van der Waals surface area contributed by atoms with Crippen molar-refractivity contribution in [2.75, 3.05) is 11.9 Å². The van der Waals surface area contributed by atoms with E-state index in [9.17, 15) is 0 Å². The number of ether oxygens (including phenoxy) is 2. The Balaban J connectivity index is 2.88. The molecule has 0 atom stereocenters. The molecule has 0 unspecified atom stereocenters. The van der Waals surface area contributed by atoms with Crippen LogP contribution in [0.15, 0.2) is 18.2 Å². The fourth-order valence-electron chi connectivity index (χ4n) is 1.58. The average Bonchev–Trinajstić information content (AvgIpc) is 2.28. The van der Waals surface area contributed by atoms with Gasteiger partial charge in [-0.15, -0.1) is 0 Å². The van der Waals surface area contributed by atoms with Crippen LogP contribution in [0.25, 0.3) is 0 Å². The summed E-state index contributed by atoms with van der Waals surface area (Å²) in [6.45, 7) is 11.2. The molecule has 1 aromatic rings. The molecule has 0 heterocycles. The molecule has 0 aromatic heterocycles. The molecule has 0 radical (unpaired) electrons. The first-order chi connectivity index (χ1) is 8.52. The molecule has 3 heteroatoms. The molecule has 0 saturated carbocycles. The summed E-state index contributed by atoms with van der Waals surface area (Å²) in [6.07, 6.45) is 1.39. The molecule has 102 valence electrons. The van der Waals surface area contributed by atoms with E-state index in [1.807, 2.05) is 45.9 Å². The summed E-state index contributed by atoms with van der Waals surface area (Å²) < 4.78 is 11.6. The maximum absolute atomic E-state index is 5.80. The first-order valence-corrected chi connectivity index (χ1v) is 6.74. The normalized spacial score (nSPS) is 10.8. The van der Waals surface area contributed by atoms with Crippen molar-refractivity contribution in [1.82, 2.24) is 0 Å². The molecule has 0 spiro atoms. The monoisotopic (exact) mass is 251 g/mol. The third-order valence-electron chi connectivity index (χ3n) is 2.25. The van der Waals surface area contributed by atoms with Crippen molar-refractivity contribution in [1.29, 1.82) is 0 Å². The van der Waals surface area contributed by atoms with Crippen LogP contribution in [0.3, 0.4) is 0 Å². The summed E-state index contributed by atoms with van der Waals surface area (Å²) in [7, 11) is 0. The van der Waals surface area contributed by atoms with Gasteiger partial charge in [-0.25, -0.2) is 0 Å². The Hall–Kier alpha value is -1.38. The molecular weight excluding hydrogens is 226 g/mol. The van der Waals surface area contributed by atoms with Crippen molar-refractivity contribution < 1.29 is 9.47 Å². The van der Waals surface area contributed by atoms with Gasteiger partial charge in [-0.2, -0.15) is 0 Å². The van der Waals surface area contributed by atoms with E-state index in [0.29, 0.717) is 0 Å². The van der Waals surface area contributed by atoms with Gasteiger partial charge in [0.1, 0.15) is 0 Å². The highest BCUT2D eigenvalue weighted by Gasteiger charge is 2.09. The topological polar surface area (TPSA) is 30.5 Å². The van der Waals surface area contributed by atoms with Crippen LogP contribution in [0.5, 0.6) is 11.5 Å². The predicted molar refractivity (Wildman–Crippen MR) is 76.8 cm³/mol. The smallest absolute Gasteiger partial charge is 0.163 e. The molecule has 0 amide bonds. The van der Waals surface area contributed by atoms with Crippen molar-refractivity contribution in [3.8, 4) is 11.5 Å². The van der Waals surface area contributed by atoms with Gasteiger partial charge < -0.3 is 14.8 Å². The largest absolute Gasteiger partial charge is 0.487 e. The second-order valence-corrected chi connectivity index (χ2v) is 4.92. The Labute approximate surface area is 110 Å². The summed E-state index contributed by atoms with van der Waals surface area (Å²) in [5.74, 6) is 1.61. The maximum Gasteiger partial charge on any atom is 0.163 e. The lowest BCUT2D eigenvalue weighted by Crippen LogP contribution is -2.11. The zero-order valence-corrected chi connectivity index (χ0v) is 12.1. The number of nitrogens with one attached hydrogen (secondary N) is 1. The number of hydrogen-bond donors (Lipinski definition) is 1. The van der Waals surface area contributed by atoms with E-state index < -0.39 is 0 Å². The van der Waals surface area contributed by atoms with Gasteiger partial charge >= 0.3 is 0 Å². The van der Waals surface area contributed by atoms with E-state index in [4.69, 9.17) is 9.47 Å². The van der Waals surface area contributed by atoms with Crippen LogP contribution in [0.2, 0.25) is 0 Å². The van der Waals surface area contributed by atoms with Gasteiger partial charge in [0.15, 0.2) is 11.5 Å². The molecule has 1 N–H and O–H groups in total. The van der Waals surface area contributed by atoms with Gasteiger partial charge in [-0.05, 0) is 46.2 Å². The second kappa shape index (κ2) is 7.14. The summed E-state index contributed by atoms with van der Waals surface area (Å²) in [6, 6.07) is 6.00. The van der Waals surface area contributed by atoms with E-state index in [1.165, 1.54) is 0 Å². The SMILES string of the molecule is CCCNc1ccc(OC(C)C)c(OC(C)C)c1. The van der Waals surface area contributed by atoms with Crippen LogP contribution in [0, 0.1) is 0 Å². The minimum Gasteiger partial charge on any atom is -0.487 e. The molecule has 1 aromatic carbocycles. The average molecular weight is 251 g/mol. The minimum atomic E-state index is 0.140. The van der Waals surface area contributed by atoms with Crippen molar-refractivity contribution in [3.05, 3.63) is 18.2 Å². The van der Waals surface area contributed by atoms with E-state index in [-0.39, 0.29) is 12.2 Å². The van der Waals surface area contributed by atoms with Crippen molar-refractivity contribution in [3.63, 3.8) is 0 Å². The van der Waals surface area contributed by atoms with Crippen LogP contribution >= 0.6 is 0 Å². The lowest BCUT2D eigenvalue weighted by atomic mass is 10.2. The molecular formula is C15H25NO2. The maximum atomic E-state index is 5.80. The predicted octanol–water partition coefficient (Wildman–Crippen LogP) is 4.08. The Bertz CT molecular complexity index is 362. The zero-order valence-electron chi connectivity index (χ0n) is 12.1. The Morgan fingerprint density at radius 2 is 1.61 bits per heavy atom. The van der Waals surface area contributed by atoms with Crippen LogP contribution in [-0.4, -0.2) is 18.8 Å². The van der Waals surface area contributed by atoms with Crippen LogP contribution in [0.4, 0.5) is 5.69 Å². The number of hydrogen-bond acceptors (Lipinski definition) is 3. The highest BCUT2D eigenvalue weighted by Crippen LogP contribution is 2.32. The Morgan fingerprint density at radius 3 is 2.17 bits per heavy atom. The molecule has 0 aliphatic heterocycles. The van der Waals surface area contributed by atoms with Crippen molar-refractivity contribution in [2.24, 2.45) is 0 Å². The van der Waals surface area contributed by atoms with Crippen LogP contribution in [0.1, 0.15) is 41.0 Å². The molecule has 0 aliphatic rings. The van der Waals surface area contributed by atoms with Gasteiger partial charge in [-0.3, -0.25) is 0 Å². The Kier molecular flexibility index (Phi) is 5.83. The molecule has 0 bridgehead atoms. The third kappa shape index (κ3) is 4.86. The zero-order chi connectivity index (χ0) is 13.5. The van der Waals surface area contributed by atoms with Crippen LogP contribution < -0.4 is 14.8 Å². The van der Waals surface area contributed by atoms with Gasteiger partial charge in [0.2, 0.25) is 0 Å². The quantitative estimate of drug-likeness (QED) is 0.792. The summed E-state index contributed by atoms with van der Waals surface area (Å²) in [4.78, 5) is 0. The van der Waals surface area contributed by atoms with E-state index >= 15 is 0 Å². The van der Waals surface area contributed by atoms with Gasteiger partial charge in [0.05, 0.1) is 12.2 Å². The minimum absolute atomic E-state index is 0.140.